The molecule has 1 N–H and O–H groups in total. The van der Waals surface area contributed by atoms with Crippen LogP contribution in [-0.4, -0.2) is 19.1 Å². The fourth-order valence-electron chi connectivity index (χ4n) is 2.66. The summed E-state index contributed by atoms with van der Waals surface area (Å²) in [5, 5.41) is 3.36. The molecule has 0 saturated carbocycles. The fourth-order valence-corrected chi connectivity index (χ4v) is 2.83. The van der Waals surface area contributed by atoms with Crippen molar-refractivity contribution in [1.82, 2.24) is 0 Å². The quantitative estimate of drug-likeness (QED) is 0.498. The minimum absolute atomic E-state index is 0.288. The smallest absolute Gasteiger partial charge is 0.265 e. The Morgan fingerprint density at radius 3 is 2.31 bits per heavy atom. The number of hydrogen-bond acceptors (Lipinski definition) is 4. The van der Waals surface area contributed by atoms with Crippen molar-refractivity contribution < 1.29 is 19.0 Å². The van der Waals surface area contributed by atoms with Crippen LogP contribution in [0.3, 0.4) is 0 Å². The molecule has 29 heavy (non-hydrogen) atoms. The lowest BCUT2D eigenvalue weighted by molar-refractivity contribution is -0.122. The summed E-state index contributed by atoms with van der Waals surface area (Å²) in [6.07, 6.45) is -0.181. The van der Waals surface area contributed by atoms with Crippen LogP contribution in [-0.2, 0) is 4.79 Å². The number of hydrogen-bond donors (Lipinski definition) is 1. The number of amides is 1. The lowest BCUT2D eigenvalue weighted by atomic mass is 10.2. The van der Waals surface area contributed by atoms with Crippen LogP contribution >= 0.6 is 11.6 Å². The zero-order chi connectivity index (χ0) is 20.6. The van der Waals surface area contributed by atoms with Crippen molar-refractivity contribution in [2.45, 2.75) is 19.4 Å². The summed E-state index contributed by atoms with van der Waals surface area (Å²) in [7, 11) is 1.60. The first kappa shape index (κ1) is 20.6. The van der Waals surface area contributed by atoms with Crippen molar-refractivity contribution in [1.29, 1.82) is 0 Å². The van der Waals surface area contributed by atoms with Crippen molar-refractivity contribution in [3.63, 3.8) is 0 Å². The van der Waals surface area contributed by atoms with Gasteiger partial charge >= 0.3 is 0 Å². The van der Waals surface area contributed by atoms with Gasteiger partial charge < -0.3 is 19.5 Å². The van der Waals surface area contributed by atoms with E-state index >= 15 is 0 Å². The standard InChI is InChI=1S/C23H22ClNO4/c1-3-21(28-19-12-10-17(27-2)11-13-19)23(26)25-20-15-16(24)9-14-22(20)29-18-7-5-4-6-8-18/h4-15,21H,3H2,1-2H3,(H,25,26)/t21-/m1/s1. The highest BCUT2D eigenvalue weighted by Gasteiger charge is 2.20. The van der Waals surface area contributed by atoms with E-state index in [-0.39, 0.29) is 5.91 Å². The number of halogens is 1. The molecule has 0 fully saturated rings. The van der Waals surface area contributed by atoms with Crippen molar-refractivity contribution >= 4 is 23.2 Å². The molecule has 0 aliphatic carbocycles. The molecule has 0 aliphatic rings. The van der Waals surface area contributed by atoms with Gasteiger partial charge in [-0.15, -0.1) is 0 Å². The minimum Gasteiger partial charge on any atom is -0.497 e. The van der Waals surface area contributed by atoms with Crippen molar-refractivity contribution in [2.75, 3.05) is 12.4 Å². The van der Waals surface area contributed by atoms with Gasteiger partial charge in [0.05, 0.1) is 12.8 Å². The topological polar surface area (TPSA) is 56.8 Å². The van der Waals surface area contributed by atoms with E-state index in [0.29, 0.717) is 34.4 Å². The molecule has 1 amide bonds. The Balaban J connectivity index is 1.74. The van der Waals surface area contributed by atoms with Gasteiger partial charge in [-0.1, -0.05) is 36.7 Å². The molecule has 3 aromatic carbocycles. The molecule has 5 nitrogen and oxygen atoms in total. The van der Waals surface area contributed by atoms with Crippen LogP contribution in [0.25, 0.3) is 0 Å². The van der Waals surface area contributed by atoms with Crippen LogP contribution in [0.4, 0.5) is 5.69 Å². The maximum atomic E-state index is 12.8. The number of ether oxygens (including phenoxy) is 3. The summed E-state index contributed by atoms with van der Waals surface area (Å²) in [6.45, 7) is 1.88. The Morgan fingerprint density at radius 2 is 1.66 bits per heavy atom. The second-order valence-corrected chi connectivity index (χ2v) is 6.67. The molecule has 0 aliphatic heterocycles. The largest absolute Gasteiger partial charge is 0.497 e. The fraction of sp³-hybridized carbons (Fsp3) is 0.174. The number of carbonyl (C=O) groups excluding carboxylic acids is 1. The molecular weight excluding hydrogens is 390 g/mol. The Kier molecular flexibility index (Phi) is 6.98. The third-order valence-electron chi connectivity index (χ3n) is 4.17. The van der Waals surface area contributed by atoms with Gasteiger partial charge in [0.1, 0.15) is 17.2 Å². The molecule has 0 heterocycles. The third kappa shape index (κ3) is 5.65. The van der Waals surface area contributed by atoms with Crippen molar-refractivity contribution in [3.05, 3.63) is 77.8 Å². The number of para-hydroxylation sites is 1. The highest BCUT2D eigenvalue weighted by atomic mass is 35.5. The number of methoxy groups -OCH3 is 1. The lowest BCUT2D eigenvalue weighted by Gasteiger charge is -2.19. The highest BCUT2D eigenvalue weighted by molar-refractivity contribution is 6.31. The summed E-state index contributed by atoms with van der Waals surface area (Å²) in [6, 6.07) is 21.5. The zero-order valence-electron chi connectivity index (χ0n) is 16.2. The minimum atomic E-state index is -0.674. The maximum absolute atomic E-state index is 12.8. The van der Waals surface area contributed by atoms with E-state index in [0.717, 1.165) is 5.75 Å². The summed E-state index contributed by atoms with van der Waals surface area (Å²) in [5.41, 5.74) is 0.475. The molecule has 1 atom stereocenters. The van der Waals surface area contributed by atoms with Crippen LogP contribution in [0.5, 0.6) is 23.0 Å². The number of benzene rings is 3. The van der Waals surface area contributed by atoms with Crippen LogP contribution < -0.4 is 19.5 Å². The van der Waals surface area contributed by atoms with Crippen LogP contribution in [0.2, 0.25) is 5.02 Å². The van der Waals surface area contributed by atoms with Gasteiger partial charge in [-0.3, -0.25) is 4.79 Å². The number of anilines is 1. The number of rotatable bonds is 8. The van der Waals surface area contributed by atoms with E-state index in [2.05, 4.69) is 5.32 Å². The second-order valence-electron chi connectivity index (χ2n) is 6.24. The van der Waals surface area contributed by atoms with Gasteiger partial charge in [-0.25, -0.2) is 0 Å². The average molecular weight is 412 g/mol. The van der Waals surface area contributed by atoms with E-state index in [4.69, 9.17) is 25.8 Å². The zero-order valence-corrected chi connectivity index (χ0v) is 17.0. The van der Waals surface area contributed by atoms with Gasteiger partial charge in [-0.2, -0.15) is 0 Å². The third-order valence-corrected chi connectivity index (χ3v) is 4.41. The molecule has 0 aromatic heterocycles. The normalized spacial score (nSPS) is 11.4. The van der Waals surface area contributed by atoms with E-state index in [1.54, 1.807) is 49.6 Å². The van der Waals surface area contributed by atoms with E-state index in [1.165, 1.54) is 0 Å². The molecule has 0 saturated heterocycles. The first-order chi connectivity index (χ1) is 14.1. The summed E-state index contributed by atoms with van der Waals surface area (Å²) in [5.74, 6) is 2.17. The Hall–Kier alpha value is -3.18. The first-order valence-corrected chi connectivity index (χ1v) is 9.61. The first-order valence-electron chi connectivity index (χ1n) is 9.23. The summed E-state index contributed by atoms with van der Waals surface area (Å²) in [4.78, 5) is 12.8. The van der Waals surface area contributed by atoms with Crippen molar-refractivity contribution in [2.24, 2.45) is 0 Å². The molecule has 0 bridgehead atoms. The van der Waals surface area contributed by atoms with Gasteiger partial charge in [0.25, 0.3) is 5.91 Å². The van der Waals surface area contributed by atoms with Crippen LogP contribution in [0, 0.1) is 0 Å². The molecule has 0 radical (unpaired) electrons. The molecule has 3 aromatic rings. The molecule has 3 rings (SSSR count). The number of carbonyl (C=O) groups is 1. The molecule has 6 heteroatoms. The van der Waals surface area contributed by atoms with Gasteiger partial charge in [0, 0.05) is 5.02 Å². The second kappa shape index (κ2) is 9.85. The van der Waals surface area contributed by atoms with Crippen LogP contribution in [0.1, 0.15) is 13.3 Å². The SMILES string of the molecule is CC[C@@H](Oc1ccc(OC)cc1)C(=O)Nc1cc(Cl)ccc1Oc1ccccc1. The lowest BCUT2D eigenvalue weighted by Crippen LogP contribution is -2.32. The summed E-state index contributed by atoms with van der Waals surface area (Å²) < 4.78 is 16.9. The van der Waals surface area contributed by atoms with Gasteiger partial charge in [0.2, 0.25) is 0 Å². The number of nitrogens with one attached hydrogen (secondary N) is 1. The van der Waals surface area contributed by atoms with Gasteiger partial charge in [-0.05, 0) is 61.0 Å². The molecule has 150 valence electrons. The average Bonchev–Trinajstić information content (AvgIpc) is 2.75. The predicted molar refractivity (Wildman–Crippen MR) is 114 cm³/mol. The molecule has 0 spiro atoms. The predicted octanol–water partition coefficient (Wildman–Crippen LogP) is 5.94. The molecule has 0 unspecified atom stereocenters. The van der Waals surface area contributed by atoms with Crippen LogP contribution in [0.15, 0.2) is 72.8 Å². The van der Waals surface area contributed by atoms with Gasteiger partial charge in [0.15, 0.2) is 11.9 Å². The van der Waals surface area contributed by atoms with E-state index in [1.807, 2.05) is 37.3 Å². The molecular formula is C23H22ClNO4. The Bertz CT molecular complexity index is 945. The van der Waals surface area contributed by atoms with E-state index in [9.17, 15) is 4.79 Å². The highest BCUT2D eigenvalue weighted by Crippen LogP contribution is 2.32. The summed E-state index contributed by atoms with van der Waals surface area (Å²) >= 11 is 6.13. The maximum Gasteiger partial charge on any atom is 0.265 e. The van der Waals surface area contributed by atoms with E-state index < -0.39 is 6.10 Å². The monoisotopic (exact) mass is 411 g/mol. The Morgan fingerprint density at radius 1 is 0.966 bits per heavy atom. The van der Waals surface area contributed by atoms with Crippen molar-refractivity contribution in [3.8, 4) is 23.0 Å². The Labute approximate surface area is 175 Å².